The summed E-state index contributed by atoms with van der Waals surface area (Å²) in [7, 11) is -9.36. The molecule has 0 unspecified atom stereocenters. The van der Waals surface area contributed by atoms with Crippen LogP contribution in [0.2, 0.25) is 10.0 Å². The van der Waals surface area contributed by atoms with Crippen LogP contribution in [0.4, 0.5) is 17.1 Å². The Morgan fingerprint density at radius 2 is 1.57 bits per heavy atom. The summed E-state index contributed by atoms with van der Waals surface area (Å²) in [6.07, 6.45) is 0. The number of hydrogen-bond donors (Lipinski definition) is 2. The normalized spacial score (nSPS) is 11.5. The molecule has 18 heteroatoms. The molecular formula is C24H15BaCl2N3NaO9S2+. The second-order valence-corrected chi connectivity index (χ2v) is 11.5. The zero-order valence-corrected chi connectivity index (χ0v) is 31.2. The molecule has 208 valence electrons. The number of carbonyl (C=O) groups is 1. The average molecular weight is 785 g/mol. The minimum Gasteiger partial charge on any atom is -0.744 e. The van der Waals surface area contributed by atoms with E-state index in [-0.39, 0.29) is 111 Å². The first-order chi connectivity index (χ1) is 18.7. The molecule has 0 saturated carbocycles. The van der Waals surface area contributed by atoms with Gasteiger partial charge in [-0.2, -0.15) is 0 Å². The standard InChI is InChI=1S/C24H17Cl2N3O9S2.Ba.Na/c1-38-18-5-3-2-4-16(18)28-29-22-20(40(35,36)37)11-14-19(39(32,33)34)9-8-17(21(14)23(22)30)27-24(31)13-7-6-12(25)10-15(13)26;;/h2-11,30H,1H3,(H,27,31)(H,32,33,34)(H,35,36,37);;/q;+2;+1/p-2. The van der Waals surface area contributed by atoms with Crippen molar-refractivity contribution in [3.63, 3.8) is 0 Å². The van der Waals surface area contributed by atoms with Crippen LogP contribution in [-0.2, 0) is 20.2 Å². The summed E-state index contributed by atoms with van der Waals surface area (Å²) < 4.78 is 77.5. The van der Waals surface area contributed by atoms with Crippen molar-refractivity contribution in [1.29, 1.82) is 0 Å². The topological polar surface area (TPSA) is 198 Å². The molecule has 4 aromatic carbocycles. The number of amides is 1. The van der Waals surface area contributed by atoms with E-state index in [1.54, 1.807) is 12.1 Å². The van der Waals surface area contributed by atoms with E-state index in [2.05, 4.69) is 15.5 Å². The number of anilines is 1. The molecule has 0 radical (unpaired) electrons. The molecule has 0 aromatic heterocycles. The van der Waals surface area contributed by atoms with Crippen LogP contribution in [0.15, 0.2) is 80.7 Å². The van der Waals surface area contributed by atoms with Gasteiger partial charge < -0.3 is 24.3 Å². The van der Waals surface area contributed by atoms with Gasteiger partial charge in [0.25, 0.3) is 5.91 Å². The number of halogens is 2. The van der Waals surface area contributed by atoms with Gasteiger partial charge in [0, 0.05) is 10.4 Å². The maximum atomic E-state index is 13.0. The molecule has 1 amide bonds. The monoisotopic (exact) mass is 784 g/mol. The van der Waals surface area contributed by atoms with Gasteiger partial charge >= 0.3 is 78.4 Å². The number of rotatable bonds is 7. The summed E-state index contributed by atoms with van der Waals surface area (Å²) in [5.74, 6) is -1.68. The van der Waals surface area contributed by atoms with Crippen LogP contribution in [0.3, 0.4) is 0 Å². The van der Waals surface area contributed by atoms with Gasteiger partial charge in [-0.3, -0.25) is 4.79 Å². The molecule has 42 heavy (non-hydrogen) atoms. The van der Waals surface area contributed by atoms with Crippen molar-refractivity contribution in [2.24, 2.45) is 10.2 Å². The van der Waals surface area contributed by atoms with E-state index in [1.165, 1.54) is 37.4 Å². The summed E-state index contributed by atoms with van der Waals surface area (Å²) in [5.41, 5.74) is -1.14. The maximum absolute atomic E-state index is 13.0. The number of fused-ring (bicyclic) bond motifs is 1. The Hall–Kier alpha value is -1.22. The van der Waals surface area contributed by atoms with Gasteiger partial charge in [0.05, 0.1) is 38.6 Å². The van der Waals surface area contributed by atoms with Crippen LogP contribution < -0.4 is 39.6 Å². The fourth-order valence-electron chi connectivity index (χ4n) is 3.72. The van der Waals surface area contributed by atoms with Crippen LogP contribution in [-0.4, -0.2) is 92.9 Å². The van der Waals surface area contributed by atoms with Crippen molar-refractivity contribution in [1.82, 2.24) is 0 Å². The van der Waals surface area contributed by atoms with E-state index in [9.17, 15) is 35.8 Å². The zero-order chi connectivity index (χ0) is 29.4. The van der Waals surface area contributed by atoms with E-state index >= 15 is 0 Å². The first kappa shape index (κ1) is 37.0. The molecule has 12 nitrogen and oxygen atoms in total. The Morgan fingerprint density at radius 3 is 2.17 bits per heavy atom. The fourth-order valence-corrected chi connectivity index (χ4v) is 5.52. The number of carbonyl (C=O) groups excluding carboxylic acids is 1. The van der Waals surface area contributed by atoms with Gasteiger partial charge in [-0.05, 0) is 48.5 Å². The third kappa shape index (κ3) is 8.08. The van der Waals surface area contributed by atoms with Crippen LogP contribution in [0.5, 0.6) is 11.5 Å². The minimum atomic E-state index is -5.43. The number of methoxy groups -OCH3 is 1. The molecule has 4 rings (SSSR count). The predicted molar refractivity (Wildman–Crippen MR) is 149 cm³/mol. The van der Waals surface area contributed by atoms with E-state index in [0.717, 1.165) is 12.1 Å². The molecule has 0 spiro atoms. The molecule has 4 aromatic rings. The Bertz CT molecular complexity index is 1940. The molecule has 0 aliphatic carbocycles. The number of azo groups is 1. The molecule has 0 saturated heterocycles. The second-order valence-electron chi connectivity index (χ2n) is 7.96. The number of benzene rings is 4. The summed E-state index contributed by atoms with van der Waals surface area (Å²) in [5, 5.41) is 20.2. The van der Waals surface area contributed by atoms with E-state index in [1.807, 2.05) is 0 Å². The van der Waals surface area contributed by atoms with Crippen LogP contribution >= 0.6 is 23.2 Å². The van der Waals surface area contributed by atoms with Crippen molar-refractivity contribution in [2.75, 3.05) is 12.4 Å². The number of phenols is 1. The SMILES string of the molecule is COc1ccccc1N=Nc1c(S(=O)(=O)[O-])cc2c(S(=O)(=O)[O-])ccc(NC(=O)c3ccc(Cl)cc3Cl)c2c1O.[Ba+2].[Na+]. The number of aromatic hydroxyl groups is 1. The van der Waals surface area contributed by atoms with Gasteiger partial charge in [0.2, 0.25) is 0 Å². The quantitative estimate of drug-likeness (QED) is 0.160. The summed E-state index contributed by atoms with van der Waals surface area (Å²) in [6, 6.07) is 12.4. The van der Waals surface area contributed by atoms with Gasteiger partial charge in [0.15, 0.2) is 5.75 Å². The summed E-state index contributed by atoms with van der Waals surface area (Å²) in [4.78, 5) is 10.8. The van der Waals surface area contributed by atoms with Gasteiger partial charge in [0.1, 0.15) is 37.4 Å². The first-order valence-corrected chi connectivity index (χ1v) is 14.3. The molecule has 0 atom stereocenters. The summed E-state index contributed by atoms with van der Waals surface area (Å²) in [6.45, 7) is 0. The number of nitrogens with one attached hydrogen (secondary N) is 1. The van der Waals surface area contributed by atoms with Crippen molar-refractivity contribution in [3.05, 3.63) is 76.3 Å². The number of phenolic OH excluding ortho intramolecular Hbond substituents is 1. The van der Waals surface area contributed by atoms with Gasteiger partial charge in [-0.1, -0.05) is 35.3 Å². The number of ether oxygens (including phenoxy) is 1. The summed E-state index contributed by atoms with van der Waals surface area (Å²) >= 11 is 12.0. The average Bonchev–Trinajstić information content (AvgIpc) is 2.86. The second kappa shape index (κ2) is 14.7. The fraction of sp³-hybridized carbons (Fsp3) is 0.0417. The molecule has 0 aliphatic rings. The van der Waals surface area contributed by atoms with Crippen molar-refractivity contribution in [2.45, 2.75) is 9.79 Å². The number of hydrogen-bond acceptors (Lipinski definition) is 11. The zero-order valence-electron chi connectivity index (χ0n) is 21.7. The van der Waals surface area contributed by atoms with Crippen LogP contribution in [0.1, 0.15) is 10.4 Å². The molecular weight excluding hydrogens is 770 g/mol. The molecule has 0 heterocycles. The van der Waals surface area contributed by atoms with Gasteiger partial charge in [-0.25, -0.2) is 16.8 Å². The predicted octanol–water partition coefficient (Wildman–Crippen LogP) is 1.96. The van der Waals surface area contributed by atoms with E-state index in [0.29, 0.717) is 6.07 Å². The van der Waals surface area contributed by atoms with Gasteiger partial charge in [-0.15, -0.1) is 10.2 Å². The smallest absolute Gasteiger partial charge is 0.744 e. The maximum Gasteiger partial charge on any atom is 2.00 e. The van der Waals surface area contributed by atoms with Crippen molar-refractivity contribution >= 4 is 126 Å². The third-order valence-corrected chi connectivity index (χ3v) is 7.77. The minimum absolute atomic E-state index is 0. The largest absolute Gasteiger partial charge is 2.00 e. The van der Waals surface area contributed by atoms with Crippen LogP contribution in [0.25, 0.3) is 10.8 Å². The molecule has 0 bridgehead atoms. The van der Waals surface area contributed by atoms with Crippen LogP contribution in [0, 0.1) is 0 Å². The Labute approximate surface area is 312 Å². The molecule has 0 fully saturated rings. The Balaban J connectivity index is 0.00000308. The van der Waals surface area contributed by atoms with E-state index in [4.69, 9.17) is 27.9 Å². The molecule has 2 N–H and O–H groups in total. The van der Waals surface area contributed by atoms with Crippen molar-refractivity contribution < 1.29 is 70.1 Å². The third-order valence-electron chi connectivity index (χ3n) is 5.48. The van der Waals surface area contributed by atoms with Crippen molar-refractivity contribution in [3.8, 4) is 11.5 Å². The number of nitrogens with zero attached hydrogens (tertiary/aromatic N) is 2. The molecule has 0 aliphatic heterocycles. The van der Waals surface area contributed by atoms with E-state index < -0.39 is 58.1 Å². The number of para-hydroxylation sites is 1. The Kier molecular flexibility index (Phi) is 12.9. The first-order valence-electron chi connectivity index (χ1n) is 10.8. The Morgan fingerprint density at radius 1 is 0.929 bits per heavy atom.